The van der Waals surface area contributed by atoms with Crippen LogP contribution in [0, 0.1) is 5.41 Å². The number of nitrogen functional groups attached to an aromatic ring is 1. The van der Waals surface area contributed by atoms with E-state index in [2.05, 4.69) is 10.3 Å². The molecular formula is C18H18ClN5O. The Bertz CT molecular complexity index is 979. The molecule has 0 aliphatic rings. The van der Waals surface area contributed by atoms with Gasteiger partial charge in [0.15, 0.2) is 0 Å². The summed E-state index contributed by atoms with van der Waals surface area (Å²) in [5.41, 5.74) is 8.64. The fourth-order valence-electron chi connectivity index (χ4n) is 2.72. The lowest BCUT2D eigenvalue weighted by Gasteiger charge is -2.15. The maximum absolute atomic E-state index is 12.7. The number of hydrogen-bond acceptors (Lipinski definition) is 4. The monoisotopic (exact) mass is 355 g/mol. The normalized spacial score (nSPS) is 12.1. The Balaban J connectivity index is 1.87. The van der Waals surface area contributed by atoms with Crippen molar-refractivity contribution in [1.29, 1.82) is 5.41 Å². The van der Waals surface area contributed by atoms with E-state index in [1.54, 1.807) is 18.2 Å². The van der Waals surface area contributed by atoms with Crippen molar-refractivity contribution in [2.75, 3.05) is 5.73 Å². The summed E-state index contributed by atoms with van der Waals surface area (Å²) in [7, 11) is 1.83. The van der Waals surface area contributed by atoms with Gasteiger partial charge >= 0.3 is 0 Å². The molecule has 1 atom stereocenters. The number of carbonyl (C=O) groups excluding carboxylic acids is 1. The van der Waals surface area contributed by atoms with Crippen molar-refractivity contribution in [1.82, 2.24) is 14.9 Å². The van der Waals surface area contributed by atoms with Gasteiger partial charge in [0, 0.05) is 29.2 Å². The Labute approximate surface area is 150 Å². The van der Waals surface area contributed by atoms with Gasteiger partial charge in [-0.1, -0.05) is 17.7 Å². The quantitative estimate of drug-likeness (QED) is 0.626. The first-order valence-electron chi connectivity index (χ1n) is 7.73. The molecule has 7 heteroatoms. The second-order valence-electron chi connectivity index (χ2n) is 5.84. The standard InChI is InChI=1S/C18H18ClN5O/c1-10(14-6-5-13(21)15(9-20)23-14)22-18(25)17-7-11-3-4-12(19)8-16(11)24(17)2/h3-10,20H,21H2,1-2H3,(H,22,25). The number of rotatable bonds is 4. The Hall–Kier alpha value is -2.86. The van der Waals surface area contributed by atoms with Crippen molar-refractivity contribution in [3.63, 3.8) is 0 Å². The number of halogens is 1. The van der Waals surface area contributed by atoms with E-state index in [1.165, 1.54) is 0 Å². The highest BCUT2D eigenvalue weighted by molar-refractivity contribution is 6.31. The van der Waals surface area contributed by atoms with Crippen LogP contribution in [-0.4, -0.2) is 21.7 Å². The molecule has 3 rings (SSSR count). The molecule has 0 saturated carbocycles. The molecule has 1 aromatic carbocycles. The third kappa shape index (κ3) is 3.21. The number of benzene rings is 1. The van der Waals surface area contributed by atoms with E-state index in [1.807, 2.05) is 36.7 Å². The fourth-order valence-corrected chi connectivity index (χ4v) is 2.89. The van der Waals surface area contributed by atoms with Gasteiger partial charge in [-0.3, -0.25) is 4.79 Å². The van der Waals surface area contributed by atoms with Crippen LogP contribution in [-0.2, 0) is 7.05 Å². The van der Waals surface area contributed by atoms with Crippen LogP contribution in [0.3, 0.4) is 0 Å². The Morgan fingerprint density at radius 2 is 2.12 bits per heavy atom. The van der Waals surface area contributed by atoms with Gasteiger partial charge in [-0.25, -0.2) is 4.98 Å². The van der Waals surface area contributed by atoms with Gasteiger partial charge in [-0.15, -0.1) is 0 Å². The van der Waals surface area contributed by atoms with Crippen molar-refractivity contribution < 1.29 is 4.79 Å². The third-order valence-electron chi connectivity index (χ3n) is 4.15. The minimum absolute atomic E-state index is 0.211. The molecule has 4 N–H and O–H groups in total. The number of nitrogens with one attached hydrogen (secondary N) is 2. The molecule has 0 fully saturated rings. The summed E-state index contributed by atoms with van der Waals surface area (Å²) >= 11 is 6.03. The lowest BCUT2D eigenvalue weighted by molar-refractivity contribution is 0.0931. The van der Waals surface area contributed by atoms with Gasteiger partial charge in [-0.2, -0.15) is 0 Å². The molecule has 0 aliphatic carbocycles. The lowest BCUT2D eigenvalue weighted by atomic mass is 10.1. The lowest BCUT2D eigenvalue weighted by Crippen LogP contribution is -2.29. The van der Waals surface area contributed by atoms with Crippen LogP contribution in [0.2, 0.25) is 5.02 Å². The zero-order chi connectivity index (χ0) is 18.1. The molecule has 1 unspecified atom stereocenters. The van der Waals surface area contributed by atoms with E-state index < -0.39 is 0 Å². The van der Waals surface area contributed by atoms with Gasteiger partial charge < -0.3 is 21.0 Å². The van der Waals surface area contributed by atoms with Gasteiger partial charge in [0.05, 0.1) is 17.4 Å². The highest BCUT2D eigenvalue weighted by Gasteiger charge is 2.17. The summed E-state index contributed by atoms with van der Waals surface area (Å²) in [5.74, 6) is -0.211. The molecule has 0 aliphatic heterocycles. The van der Waals surface area contributed by atoms with Crippen LogP contribution in [0.4, 0.5) is 5.69 Å². The van der Waals surface area contributed by atoms with Crippen molar-refractivity contribution in [3.8, 4) is 0 Å². The van der Waals surface area contributed by atoms with E-state index in [9.17, 15) is 4.79 Å². The molecule has 0 bridgehead atoms. The van der Waals surface area contributed by atoms with Gasteiger partial charge in [0.25, 0.3) is 5.91 Å². The van der Waals surface area contributed by atoms with Crippen molar-refractivity contribution in [2.24, 2.45) is 7.05 Å². The number of fused-ring (bicyclic) bond motifs is 1. The highest BCUT2D eigenvalue weighted by atomic mass is 35.5. The summed E-state index contributed by atoms with van der Waals surface area (Å²) in [6.45, 7) is 1.84. The van der Waals surface area contributed by atoms with E-state index in [0.717, 1.165) is 17.1 Å². The van der Waals surface area contributed by atoms with E-state index in [0.29, 0.717) is 27.8 Å². The topological polar surface area (TPSA) is 96.8 Å². The average Bonchev–Trinajstić information content (AvgIpc) is 2.91. The number of pyridine rings is 1. The van der Waals surface area contributed by atoms with Crippen molar-refractivity contribution >= 4 is 40.3 Å². The summed E-state index contributed by atoms with van der Waals surface area (Å²) in [4.78, 5) is 17.0. The number of amides is 1. The minimum atomic E-state index is -0.326. The molecule has 0 saturated heterocycles. The molecule has 0 radical (unpaired) electrons. The molecular weight excluding hydrogens is 338 g/mol. The van der Waals surface area contributed by atoms with Crippen LogP contribution in [0.5, 0.6) is 0 Å². The maximum Gasteiger partial charge on any atom is 0.268 e. The zero-order valence-corrected chi connectivity index (χ0v) is 14.6. The minimum Gasteiger partial charge on any atom is -0.397 e. The number of aromatic nitrogens is 2. The van der Waals surface area contributed by atoms with Gasteiger partial charge in [0.1, 0.15) is 11.4 Å². The van der Waals surface area contributed by atoms with E-state index >= 15 is 0 Å². The second-order valence-corrected chi connectivity index (χ2v) is 6.28. The molecule has 6 nitrogen and oxygen atoms in total. The number of carbonyl (C=O) groups is 1. The van der Waals surface area contributed by atoms with Crippen LogP contribution in [0.1, 0.15) is 34.8 Å². The zero-order valence-electron chi connectivity index (χ0n) is 13.9. The van der Waals surface area contributed by atoms with Crippen LogP contribution >= 0.6 is 11.6 Å². The third-order valence-corrected chi connectivity index (χ3v) is 4.38. The second kappa shape index (κ2) is 6.57. The molecule has 128 valence electrons. The Morgan fingerprint density at radius 1 is 1.36 bits per heavy atom. The summed E-state index contributed by atoms with van der Waals surface area (Å²) in [5, 5.41) is 11.8. The molecule has 2 aromatic heterocycles. The van der Waals surface area contributed by atoms with Gasteiger partial charge in [0.2, 0.25) is 0 Å². The SMILES string of the molecule is CC(NC(=O)c1cc2ccc(Cl)cc2n1C)c1ccc(N)c(C=N)n1. The number of nitrogens with two attached hydrogens (primary N) is 1. The number of anilines is 1. The van der Waals surface area contributed by atoms with E-state index in [-0.39, 0.29) is 11.9 Å². The predicted molar refractivity (Wildman–Crippen MR) is 100 cm³/mol. The van der Waals surface area contributed by atoms with Crippen LogP contribution in [0.15, 0.2) is 36.4 Å². The number of nitrogens with zero attached hydrogens (tertiary/aromatic N) is 2. The molecule has 0 spiro atoms. The fraction of sp³-hybridized carbons (Fsp3) is 0.167. The predicted octanol–water partition coefficient (Wildman–Crippen LogP) is 3.30. The first-order chi connectivity index (χ1) is 11.9. The summed E-state index contributed by atoms with van der Waals surface area (Å²) < 4.78 is 1.81. The number of hydrogen-bond donors (Lipinski definition) is 3. The summed E-state index contributed by atoms with van der Waals surface area (Å²) in [6, 6.07) is 10.4. The Kier molecular flexibility index (Phi) is 4.46. The van der Waals surface area contributed by atoms with E-state index in [4.69, 9.17) is 22.7 Å². The molecule has 3 aromatic rings. The largest absolute Gasteiger partial charge is 0.397 e. The Morgan fingerprint density at radius 3 is 2.84 bits per heavy atom. The van der Waals surface area contributed by atoms with Gasteiger partial charge in [-0.05, 0) is 37.3 Å². The first kappa shape index (κ1) is 17.0. The maximum atomic E-state index is 12.7. The average molecular weight is 356 g/mol. The summed E-state index contributed by atoms with van der Waals surface area (Å²) in [6.07, 6.45) is 1.10. The molecule has 2 heterocycles. The van der Waals surface area contributed by atoms with Crippen LogP contribution in [0.25, 0.3) is 10.9 Å². The van der Waals surface area contributed by atoms with Crippen molar-refractivity contribution in [3.05, 3.63) is 58.5 Å². The molecule has 25 heavy (non-hydrogen) atoms. The smallest absolute Gasteiger partial charge is 0.268 e. The number of aryl methyl sites for hydroxylation is 1. The highest BCUT2D eigenvalue weighted by Crippen LogP contribution is 2.23. The first-order valence-corrected chi connectivity index (χ1v) is 8.11. The van der Waals surface area contributed by atoms with Crippen LogP contribution < -0.4 is 11.1 Å². The molecule has 1 amide bonds. The van der Waals surface area contributed by atoms with Crippen molar-refractivity contribution in [2.45, 2.75) is 13.0 Å².